The monoisotopic (exact) mass is 212 g/mol. The molecule has 0 aliphatic heterocycles. The van der Waals surface area contributed by atoms with Gasteiger partial charge in [-0.3, -0.25) is 9.80 Å². The fraction of sp³-hybridized carbons (Fsp3) is 0.846. The number of hydrogen-bond donors (Lipinski definition) is 0. The molecule has 0 unspecified atom stereocenters. The van der Waals surface area contributed by atoms with Gasteiger partial charge in [-0.1, -0.05) is 39.8 Å². The van der Waals surface area contributed by atoms with Crippen LogP contribution in [0.3, 0.4) is 0 Å². The van der Waals surface area contributed by atoms with Crippen LogP contribution in [0, 0.1) is 0 Å². The van der Waals surface area contributed by atoms with Crippen LogP contribution in [0.5, 0.6) is 0 Å². The van der Waals surface area contributed by atoms with E-state index in [1.807, 2.05) is 0 Å². The lowest BCUT2D eigenvalue weighted by Crippen LogP contribution is -2.48. The highest BCUT2D eigenvalue weighted by molar-refractivity contribution is 4.84. The minimum absolute atomic E-state index is 0.575. The van der Waals surface area contributed by atoms with E-state index in [0.29, 0.717) is 6.17 Å². The van der Waals surface area contributed by atoms with Gasteiger partial charge in [0.15, 0.2) is 0 Å². The van der Waals surface area contributed by atoms with Gasteiger partial charge in [-0.05, 0) is 39.5 Å². The van der Waals surface area contributed by atoms with Crippen molar-refractivity contribution < 1.29 is 0 Å². The fourth-order valence-corrected chi connectivity index (χ4v) is 2.08. The van der Waals surface area contributed by atoms with Gasteiger partial charge in [0.1, 0.15) is 0 Å². The standard InChI is InChI=1S/C13H28N2/c1-6-11-12-13(14(7-2)8-3)15(9-4)10-5/h6,11,13H,7-10,12H2,1-5H3/b11-6+. The van der Waals surface area contributed by atoms with Crippen molar-refractivity contribution in [2.45, 2.75) is 47.2 Å². The molecule has 0 aliphatic rings. The molecule has 0 saturated heterocycles. The first-order valence-electron chi connectivity index (χ1n) is 6.34. The number of rotatable bonds is 8. The molecular weight excluding hydrogens is 184 g/mol. The van der Waals surface area contributed by atoms with Crippen LogP contribution in [0.2, 0.25) is 0 Å². The Morgan fingerprint density at radius 3 is 1.53 bits per heavy atom. The highest BCUT2D eigenvalue weighted by Crippen LogP contribution is 2.10. The SMILES string of the molecule is C/C=C/CC(N(CC)CC)N(CC)CC. The Morgan fingerprint density at radius 2 is 1.27 bits per heavy atom. The summed E-state index contributed by atoms with van der Waals surface area (Å²) in [6, 6.07) is 0. The van der Waals surface area contributed by atoms with Gasteiger partial charge >= 0.3 is 0 Å². The first-order valence-corrected chi connectivity index (χ1v) is 6.34. The molecule has 0 aliphatic carbocycles. The van der Waals surface area contributed by atoms with E-state index in [9.17, 15) is 0 Å². The van der Waals surface area contributed by atoms with Crippen LogP contribution in [-0.4, -0.2) is 42.1 Å². The van der Waals surface area contributed by atoms with Crippen molar-refractivity contribution in [1.29, 1.82) is 0 Å². The molecule has 0 aromatic carbocycles. The molecule has 0 aromatic heterocycles. The van der Waals surface area contributed by atoms with Crippen molar-refractivity contribution >= 4 is 0 Å². The molecular formula is C13H28N2. The van der Waals surface area contributed by atoms with E-state index < -0.39 is 0 Å². The van der Waals surface area contributed by atoms with Gasteiger partial charge in [-0.15, -0.1) is 0 Å². The Hall–Kier alpha value is -0.340. The predicted octanol–water partition coefficient (Wildman–Crippen LogP) is 2.96. The number of hydrogen-bond acceptors (Lipinski definition) is 2. The summed E-state index contributed by atoms with van der Waals surface area (Å²) >= 11 is 0. The molecule has 0 rings (SSSR count). The highest BCUT2D eigenvalue weighted by Gasteiger charge is 2.19. The molecule has 90 valence electrons. The van der Waals surface area contributed by atoms with Gasteiger partial charge < -0.3 is 0 Å². The second-order valence-corrected chi connectivity index (χ2v) is 3.73. The Kier molecular flexibility index (Phi) is 8.73. The minimum atomic E-state index is 0.575. The molecule has 15 heavy (non-hydrogen) atoms. The normalized spacial score (nSPS) is 12.5. The minimum Gasteiger partial charge on any atom is -0.288 e. The Bertz CT molecular complexity index is 146. The van der Waals surface area contributed by atoms with Crippen LogP contribution in [0.1, 0.15) is 41.0 Å². The summed E-state index contributed by atoms with van der Waals surface area (Å²) in [5, 5.41) is 0. The smallest absolute Gasteiger partial charge is 0.0657 e. The Balaban J connectivity index is 4.51. The maximum absolute atomic E-state index is 2.53. The molecule has 0 radical (unpaired) electrons. The topological polar surface area (TPSA) is 6.48 Å². The van der Waals surface area contributed by atoms with Gasteiger partial charge in [0.25, 0.3) is 0 Å². The summed E-state index contributed by atoms with van der Waals surface area (Å²) in [5.74, 6) is 0. The lowest BCUT2D eigenvalue weighted by atomic mass is 10.2. The van der Waals surface area contributed by atoms with E-state index in [2.05, 4.69) is 56.6 Å². The summed E-state index contributed by atoms with van der Waals surface area (Å²) in [7, 11) is 0. The van der Waals surface area contributed by atoms with Crippen molar-refractivity contribution in [3.63, 3.8) is 0 Å². The molecule has 0 spiro atoms. The van der Waals surface area contributed by atoms with Crippen LogP contribution in [0.4, 0.5) is 0 Å². The lowest BCUT2D eigenvalue weighted by molar-refractivity contribution is 0.0590. The van der Waals surface area contributed by atoms with Crippen molar-refractivity contribution in [2.75, 3.05) is 26.2 Å². The van der Waals surface area contributed by atoms with Crippen LogP contribution >= 0.6 is 0 Å². The quantitative estimate of drug-likeness (QED) is 0.451. The molecule has 0 fully saturated rings. The average Bonchev–Trinajstić information content (AvgIpc) is 2.28. The van der Waals surface area contributed by atoms with Gasteiger partial charge in [0.05, 0.1) is 6.17 Å². The average molecular weight is 212 g/mol. The lowest BCUT2D eigenvalue weighted by Gasteiger charge is -2.37. The van der Waals surface area contributed by atoms with Gasteiger partial charge in [0.2, 0.25) is 0 Å². The molecule has 0 heterocycles. The maximum atomic E-state index is 2.53. The largest absolute Gasteiger partial charge is 0.288 e. The van der Waals surface area contributed by atoms with Crippen LogP contribution in [-0.2, 0) is 0 Å². The highest BCUT2D eigenvalue weighted by atomic mass is 15.3. The maximum Gasteiger partial charge on any atom is 0.0657 e. The fourth-order valence-electron chi connectivity index (χ4n) is 2.08. The van der Waals surface area contributed by atoms with E-state index in [4.69, 9.17) is 0 Å². The molecule has 0 N–H and O–H groups in total. The molecule has 2 nitrogen and oxygen atoms in total. The summed E-state index contributed by atoms with van der Waals surface area (Å²) in [5.41, 5.74) is 0. The summed E-state index contributed by atoms with van der Waals surface area (Å²) in [4.78, 5) is 5.07. The van der Waals surface area contributed by atoms with Crippen molar-refractivity contribution in [2.24, 2.45) is 0 Å². The zero-order chi connectivity index (χ0) is 11.7. The summed E-state index contributed by atoms with van der Waals surface area (Å²) in [6.07, 6.45) is 6.15. The third-order valence-corrected chi connectivity index (χ3v) is 3.05. The Morgan fingerprint density at radius 1 is 0.867 bits per heavy atom. The first kappa shape index (κ1) is 14.7. The zero-order valence-corrected chi connectivity index (χ0v) is 11.2. The van der Waals surface area contributed by atoms with Crippen LogP contribution in [0.15, 0.2) is 12.2 Å². The molecule has 0 amide bonds. The molecule has 0 saturated carbocycles. The third kappa shape index (κ3) is 4.80. The van der Waals surface area contributed by atoms with E-state index in [-0.39, 0.29) is 0 Å². The van der Waals surface area contributed by atoms with Crippen LogP contribution in [0.25, 0.3) is 0 Å². The first-order chi connectivity index (χ1) is 7.24. The second-order valence-electron chi connectivity index (χ2n) is 3.73. The second kappa shape index (κ2) is 8.93. The van der Waals surface area contributed by atoms with Gasteiger partial charge in [-0.2, -0.15) is 0 Å². The molecule has 0 atom stereocenters. The third-order valence-electron chi connectivity index (χ3n) is 3.05. The Labute approximate surface area is 95.9 Å². The molecule has 0 bridgehead atoms. The predicted molar refractivity (Wildman–Crippen MR) is 69.1 cm³/mol. The molecule has 2 heteroatoms. The van der Waals surface area contributed by atoms with E-state index in [0.717, 1.165) is 32.6 Å². The van der Waals surface area contributed by atoms with E-state index in [1.165, 1.54) is 0 Å². The van der Waals surface area contributed by atoms with Gasteiger partial charge in [0, 0.05) is 0 Å². The summed E-state index contributed by atoms with van der Waals surface area (Å²) < 4.78 is 0. The molecule has 0 aromatic rings. The number of allylic oxidation sites excluding steroid dienone is 1. The van der Waals surface area contributed by atoms with E-state index >= 15 is 0 Å². The van der Waals surface area contributed by atoms with Crippen molar-refractivity contribution in [3.05, 3.63) is 12.2 Å². The zero-order valence-electron chi connectivity index (χ0n) is 11.2. The van der Waals surface area contributed by atoms with Gasteiger partial charge in [-0.25, -0.2) is 0 Å². The van der Waals surface area contributed by atoms with Crippen molar-refractivity contribution in [3.8, 4) is 0 Å². The van der Waals surface area contributed by atoms with E-state index in [1.54, 1.807) is 0 Å². The van der Waals surface area contributed by atoms with Crippen molar-refractivity contribution in [1.82, 2.24) is 9.80 Å². The van der Waals surface area contributed by atoms with Crippen LogP contribution < -0.4 is 0 Å². The number of nitrogens with zero attached hydrogens (tertiary/aromatic N) is 2. The summed E-state index contributed by atoms with van der Waals surface area (Å²) in [6.45, 7) is 15.6.